The Hall–Kier alpha value is -3.12. The maximum absolute atomic E-state index is 12.6. The normalized spacial score (nSPS) is 11.1. The molecule has 0 aliphatic carbocycles. The van der Waals surface area contributed by atoms with Gasteiger partial charge in [0.2, 0.25) is 15.9 Å². The second kappa shape index (κ2) is 8.27. The first kappa shape index (κ1) is 19.6. The Labute approximate surface area is 165 Å². The van der Waals surface area contributed by atoms with Crippen LogP contribution < -0.4 is 9.62 Å². The van der Waals surface area contributed by atoms with Gasteiger partial charge in [0.1, 0.15) is 0 Å². The Morgan fingerprint density at radius 2 is 1.50 bits per heavy atom. The van der Waals surface area contributed by atoms with Gasteiger partial charge in [0.15, 0.2) is 0 Å². The van der Waals surface area contributed by atoms with Crippen LogP contribution in [0.3, 0.4) is 0 Å². The topological polar surface area (TPSA) is 66.5 Å². The fourth-order valence-corrected chi connectivity index (χ4v) is 3.39. The number of anilines is 2. The van der Waals surface area contributed by atoms with Crippen molar-refractivity contribution in [1.29, 1.82) is 0 Å². The number of carbonyl (C=O) groups excluding carboxylic acids is 1. The zero-order chi connectivity index (χ0) is 20.1. The molecule has 0 atom stereocenters. The summed E-state index contributed by atoms with van der Waals surface area (Å²) in [6.45, 7) is 0. The largest absolute Gasteiger partial charge is 0.324 e. The van der Waals surface area contributed by atoms with Crippen LogP contribution in [0.2, 0.25) is 0 Å². The summed E-state index contributed by atoms with van der Waals surface area (Å²) < 4.78 is 25.2. The van der Waals surface area contributed by atoms with Crippen LogP contribution in [0.25, 0.3) is 11.1 Å². The zero-order valence-corrected chi connectivity index (χ0v) is 16.6. The SMILES string of the molecule is CN(c1ccc(-c2ccccc2)cc1NC(=O)Cc1ccccc1)S(C)(=O)=O. The summed E-state index contributed by atoms with van der Waals surface area (Å²) in [6.07, 6.45) is 1.34. The zero-order valence-electron chi connectivity index (χ0n) is 15.8. The molecule has 144 valence electrons. The molecule has 6 heteroatoms. The summed E-state index contributed by atoms with van der Waals surface area (Å²) in [4.78, 5) is 12.6. The van der Waals surface area contributed by atoms with Crippen molar-refractivity contribution < 1.29 is 13.2 Å². The molecule has 1 N–H and O–H groups in total. The minimum absolute atomic E-state index is 0.207. The summed E-state index contributed by atoms with van der Waals surface area (Å²) in [7, 11) is -2.00. The van der Waals surface area contributed by atoms with E-state index in [2.05, 4.69) is 5.32 Å². The van der Waals surface area contributed by atoms with Crippen molar-refractivity contribution in [2.24, 2.45) is 0 Å². The molecular formula is C22H22N2O3S. The van der Waals surface area contributed by atoms with E-state index in [4.69, 9.17) is 0 Å². The highest BCUT2D eigenvalue weighted by Gasteiger charge is 2.18. The minimum Gasteiger partial charge on any atom is -0.324 e. The van der Waals surface area contributed by atoms with Crippen LogP contribution >= 0.6 is 0 Å². The molecule has 0 radical (unpaired) electrons. The Balaban J connectivity index is 1.96. The second-order valence-corrected chi connectivity index (χ2v) is 8.55. The maximum atomic E-state index is 12.6. The van der Waals surface area contributed by atoms with E-state index in [1.807, 2.05) is 66.7 Å². The van der Waals surface area contributed by atoms with Gasteiger partial charge < -0.3 is 5.32 Å². The van der Waals surface area contributed by atoms with E-state index in [1.165, 1.54) is 11.4 Å². The molecular weight excluding hydrogens is 372 g/mol. The minimum atomic E-state index is -3.47. The van der Waals surface area contributed by atoms with Gasteiger partial charge in [-0.25, -0.2) is 8.42 Å². The van der Waals surface area contributed by atoms with Crippen LogP contribution in [0, 0.1) is 0 Å². The van der Waals surface area contributed by atoms with Gasteiger partial charge in [-0.1, -0.05) is 66.7 Å². The molecule has 0 aliphatic heterocycles. The third kappa shape index (κ3) is 4.78. The Morgan fingerprint density at radius 1 is 0.893 bits per heavy atom. The molecule has 3 rings (SSSR count). The molecule has 3 aromatic rings. The standard InChI is InChI=1S/C22H22N2O3S/c1-24(28(2,26)27)21-14-13-19(18-11-7-4-8-12-18)16-20(21)23-22(25)15-17-9-5-3-6-10-17/h3-14,16H,15H2,1-2H3,(H,23,25). The first-order chi connectivity index (χ1) is 13.3. The number of benzene rings is 3. The molecule has 0 spiro atoms. The maximum Gasteiger partial charge on any atom is 0.232 e. The van der Waals surface area contributed by atoms with E-state index in [-0.39, 0.29) is 12.3 Å². The molecule has 5 nitrogen and oxygen atoms in total. The predicted octanol–water partition coefficient (Wildman–Crippen LogP) is 3.93. The highest BCUT2D eigenvalue weighted by Crippen LogP contribution is 2.32. The number of nitrogens with one attached hydrogen (secondary N) is 1. The number of hydrogen-bond donors (Lipinski definition) is 1. The molecule has 0 aromatic heterocycles. The number of hydrogen-bond acceptors (Lipinski definition) is 3. The molecule has 1 amide bonds. The highest BCUT2D eigenvalue weighted by molar-refractivity contribution is 7.92. The fraction of sp³-hybridized carbons (Fsp3) is 0.136. The van der Waals surface area contributed by atoms with Crippen LogP contribution in [-0.4, -0.2) is 27.6 Å². The van der Waals surface area contributed by atoms with Crippen molar-refractivity contribution in [3.8, 4) is 11.1 Å². The van der Waals surface area contributed by atoms with Gasteiger partial charge in [-0.15, -0.1) is 0 Å². The first-order valence-electron chi connectivity index (χ1n) is 8.82. The fourth-order valence-electron chi connectivity index (χ4n) is 2.88. The van der Waals surface area contributed by atoms with Crippen LogP contribution in [0.15, 0.2) is 78.9 Å². The van der Waals surface area contributed by atoms with Crippen molar-refractivity contribution in [2.45, 2.75) is 6.42 Å². The van der Waals surface area contributed by atoms with Gasteiger partial charge in [-0.05, 0) is 28.8 Å². The molecule has 0 fully saturated rings. The van der Waals surface area contributed by atoms with Crippen molar-refractivity contribution in [1.82, 2.24) is 0 Å². The van der Waals surface area contributed by atoms with E-state index < -0.39 is 10.0 Å². The molecule has 3 aromatic carbocycles. The first-order valence-corrected chi connectivity index (χ1v) is 10.7. The average molecular weight is 394 g/mol. The summed E-state index contributed by atoms with van der Waals surface area (Å²) in [6, 6.07) is 24.5. The average Bonchev–Trinajstić information content (AvgIpc) is 2.68. The summed E-state index contributed by atoms with van der Waals surface area (Å²) in [5.74, 6) is -0.209. The highest BCUT2D eigenvalue weighted by atomic mass is 32.2. The number of rotatable bonds is 6. The van der Waals surface area contributed by atoms with E-state index in [0.717, 1.165) is 22.9 Å². The Morgan fingerprint density at radius 3 is 2.11 bits per heavy atom. The molecule has 0 bridgehead atoms. The van der Waals surface area contributed by atoms with Gasteiger partial charge in [0.05, 0.1) is 24.1 Å². The van der Waals surface area contributed by atoms with Crippen molar-refractivity contribution >= 4 is 27.3 Å². The molecule has 0 heterocycles. The molecule has 0 saturated heterocycles. The van der Waals surface area contributed by atoms with Gasteiger partial charge in [0, 0.05) is 7.05 Å². The Bertz CT molecular complexity index is 1070. The van der Waals surface area contributed by atoms with Crippen molar-refractivity contribution in [3.05, 3.63) is 84.4 Å². The lowest BCUT2D eigenvalue weighted by Crippen LogP contribution is -2.26. The van der Waals surface area contributed by atoms with E-state index >= 15 is 0 Å². The molecule has 0 saturated carbocycles. The van der Waals surface area contributed by atoms with Crippen LogP contribution in [0.5, 0.6) is 0 Å². The second-order valence-electron chi connectivity index (χ2n) is 6.54. The lowest BCUT2D eigenvalue weighted by molar-refractivity contribution is -0.115. The molecule has 0 aliphatic rings. The summed E-state index contributed by atoms with van der Waals surface area (Å²) in [5.41, 5.74) is 3.63. The van der Waals surface area contributed by atoms with Gasteiger partial charge in [-0.2, -0.15) is 0 Å². The van der Waals surface area contributed by atoms with E-state index in [1.54, 1.807) is 12.1 Å². The number of nitrogens with zero attached hydrogens (tertiary/aromatic N) is 1. The lowest BCUT2D eigenvalue weighted by atomic mass is 10.0. The molecule has 28 heavy (non-hydrogen) atoms. The number of sulfonamides is 1. The van der Waals surface area contributed by atoms with Gasteiger partial charge in [0.25, 0.3) is 0 Å². The summed E-state index contributed by atoms with van der Waals surface area (Å²) >= 11 is 0. The number of amides is 1. The lowest BCUT2D eigenvalue weighted by Gasteiger charge is -2.21. The van der Waals surface area contributed by atoms with Crippen LogP contribution in [0.4, 0.5) is 11.4 Å². The van der Waals surface area contributed by atoms with E-state index in [9.17, 15) is 13.2 Å². The quantitative estimate of drug-likeness (QED) is 0.689. The number of carbonyl (C=O) groups is 1. The van der Waals surface area contributed by atoms with Crippen molar-refractivity contribution in [3.63, 3.8) is 0 Å². The van der Waals surface area contributed by atoms with Gasteiger partial charge >= 0.3 is 0 Å². The van der Waals surface area contributed by atoms with Crippen LogP contribution in [-0.2, 0) is 21.2 Å². The van der Waals surface area contributed by atoms with E-state index in [0.29, 0.717) is 11.4 Å². The van der Waals surface area contributed by atoms with Gasteiger partial charge in [-0.3, -0.25) is 9.10 Å². The molecule has 0 unspecified atom stereocenters. The third-order valence-corrected chi connectivity index (χ3v) is 5.61. The summed E-state index contributed by atoms with van der Waals surface area (Å²) in [5, 5.41) is 2.88. The third-order valence-electron chi connectivity index (χ3n) is 4.42. The monoisotopic (exact) mass is 394 g/mol. The van der Waals surface area contributed by atoms with Crippen molar-refractivity contribution in [2.75, 3.05) is 22.9 Å². The Kier molecular flexibility index (Phi) is 5.80. The smallest absolute Gasteiger partial charge is 0.232 e. The predicted molar refractivity (Wildman–Crippen MR) is 114 cm³/mol. The van der Waals surface area contributed by atoms with Crippen LogP contribution in [0.1, 0.15) is 5.56 Å².